The largest absolute Gasteiger partial charge is 0.469 e. The second-order valence-electron chi connectivity index (χ2n) is 3.43. The lowest BCUT2D eigenvalue weighted by Gasteiger charge is -2.14. The minimum atomic E-state index is -4.83. The maximum atomic E-state index is 12.7. The first-order valence-corrected chi connectivity index (χ1v) is 5.86. The first kappa shape index (κ1) is 16.1. The monoisotopic (exact) mass is 395 g/mol. The molecule has 0 fully saturated rings. The van der Waals surface area contributed by atoms with Crippen molar-refractivity contribution in [2.75, 3.05) is 7.11 Å². The summed E-state index contributed by atoms with van der Waals surface area (Å²) in [6.45, 7) is 0. The molecule has 0 radical (unpaired) electrons. The molecule has 0 aliphatic carbocycles. The molecular weight excluding hydrogens is 388 g/mol. The van der Waals surface area contributed by atoms with Gasteiger partial charge in [0.25, 0.3) is 6.43 Å². The topological polar surface area (TPSA) is 39.2 Å². The molecule has 0 bridgehead atoms. The van der Waals surface area contributed by atoms with Crippen molar-refractivity contribution in [1.29, 1.82) is 0 Å². The van der Waals surface area contributed by atoms with Crippen LogP contribution in [-0.4, -0.2) is 18.1 Å². The average Bonchev–Trinajstić information content (AvgIpc) is 2.28. The van der Waals surface area contributed by atoms with Crippen LogP contribution >= 0.6 is 22.6 Å². The van der Waals surface area contributed by atoms with Crippen molar-refractivity contribution in [3.63, 3.8) is 0 Å². The predicted molar refractivity (Wildman–Crippen MR) is 62.6 cm³/mol. The summed E-state index contributed by atoms with van der Waals surface area (Å²) in [4.78, 5) is 14.1. The van der Waals surface area contributed by atoms with E-state index in [1.54, 1.807) is 0 Å². The maximum Gasteiger partial charge on any atom is 0.433 e. The van der Waals surface area contributed by atoms with Gasteiger partial charge in [0.1, 0.15) is 9.39 Å². The number of pyridine rings is 1. The Hall–Kier alpha value is -1.00. The van der Waals surface area contributed by atoms with Crippen LogP contribution in [0.5, 0.6) is 0 Å². The van der Waals surface area contributed by atoms with E-state index in [1.165, 1.54) is 22.6 Å². The fraction of sp³-hybridized carbons (Fsp3) is 0.400. The van der Waals surface area contributed by atoms with E-state index in [0.717, 1.165) is 7.11 Å². The van der Waals surface area contributed by atoms with Crippen molar-refractivity contribution in [3.05, 3.63) is 26.6 Å². The summed E-state index contributed by atoms with van der Waals surface area (Å²) in [6, 6.07) is 0.638. The molecular formula is C10H7F5INO2. The number of esters is 1. The number of hydrogen-bond donors (Lipinski definition) is 0. The van der Waals surface area contributed by atoms with Gasteiger partial charge in [0, 0.05) is 5.56 Å². The quantitative estimate of drug-likeness (QED) is 0.341. The van der Waals surface area contributed by atoms with Crippen LogP contribution in [0.3, 0.4) is 0 Å². The molecule has 0 saturated heterocycles. The summed E-state index contributed by atoms with van der Waals surface area (Å²) < 4.78 is 67.1. The minimum absolute atomic E-state index is 0.450. The Bertz CT molecular complexity index is 490. The number of carbonyl (C=O) groups is 1. The van der Waals surface area contributed by atoms with Gasteiger partial charge >= 0.3 is 12.1 Å². The first-order chi connectivity index (χ1) is 8.66. The minimum Gasteiger partial charge on any atom is -0.469 e. The van der Waals surface area contributed by atoms with Crippen molar-refractivity contribution in [2.24, 2.45) is 0 Å². The van der Waals surface area contributed by atoms with Crippen LogP contribution < -0.4 is 0 Å². The lowest BCUT2D eigenvalue weighted by Crippen LogP contribution is -2.17. The number of aromatic nitrogens is 1. The van der Waals surface area contributed by atoms with Crippen LogP contribution in [0.2, 0.25) is 0 Å². The Morgan fingerprint density at radius 1 is 1.47 bits per heavy atom. The molecule has 0 amide bonds. The normalized spacial score (nSPS) is 11.8. The lowest BCUT2D eigenvalue weighted by atomic mass is 10.1. The second-order valence-corrected chi connectivity index (χ2v) is 4.45. The molecule has 19 heavy (non-hydrogen) atoms. The average molecular weight is 395 g/mol. The van der Waals surface area contributed by atoms with E-state index < -0.39 is 45.5 Å². The van der Waals surface area contributed by atoms with E-state index in [4.69, 9.17) is 0 Å². The summed E-state index contributed by atoms with van der Waals surface area (Å²) in [7, 11) is 0.990. The molecule has 1 rings (SSSR count). The van der Waals surface area contributed by atoms with Crippen LogP contribution in [0.25, 0.3) is 0 Å². The van der Waals surface area contributed by atoms with Crippen LogP contribution in [0.1, 0.15) is 23.2 Å². The van der Waals surface area contributed by atoms with Crippen molar-refractivity contribution in [2.45, 2.75) is 19.0 Å². The van der Waals surface area contributed by atoms with Crippen molar-refractivity contribution in [1.82, 2.24) is 4.98 Å². The number of halogens is 6. The number of methoxy groups -OCH3 is 1. The van der Waals surface area contributed by atoms with Crippen LogP contribution in [0.4, 0.5) is 22.0 Å². The SMILES string of the molecule is COC(=O)Cc1cc(C(F)F)c(I)nc1C(F)(F)F. The molecule has 106 valence electrons. The molecule has 0 atom stereocenters. The molecule has 0 unspecified atom stereocenters. The van der Waals surface area contributed by atoms with Gasteiger partial charge in [-0.1, -0.05) is 0 Å². The summed E-state index contributed by atoms with van der Waals surface area (Å²) in [5.41, 5.74) is -2.63. The Morgan fingerprint density at radius 3 is 2.47 bits per heavy atom. The van der Waals surface area contributed by atoms with Crippen molar-refractivity contribution < 1.29 is 31.5 Å². The molecule has 9 heteroatoms. The van der Waals surface area contributed by atoms with Gasteiger partial charge in [-0.15, -0.1) is 0 Å². The summed E-state index contributed by atoms with van der Waals surface area (Å²) in [6.07, 6.45) is -8.57. The van der Waals surface area contributed by atoms with Crippen molar-refractivity contribution in [3.8, 4) is 0 Å². The molecule has 0 saturated carbocycles. The third kappa shape index (κ3) is 3.98. The molecule has 0 spiro atoms. The predicted octanol–water partition coefficient (Wildman–Crippen LogP) is 3.36. The molecule has 1 heterocycles. The highest BCUT2D eigenvalue weighted by molar-refractivity contribution is 14.1. The maximum absolute atomic E-state index is 12.7. The van der Waals surface area contributed by atoms with Crippen LogP contribution in [-0.2, 0) is 22.1 Å². The highest BCUT2D eigenvalue weighted by atomic mass is 127. The van der Waals surface area contributed by atoms with E-state index in [1.807, 2.05) is 0 Å². The first-order valence-electron chi connectivity index (χ1n) is 4.78. The van der Waals surface area contributed by atoms with E-state index in [0.29, 0.717) is 6.07 Å². The fourth-order valence-electron chi connectivity index (χ4n) is 1.31. The molecule has 1 aromatic heterocycles. The van der Waals surface area contributed by atoms with Gasteiger partial charge in [-0.05, 0) is 34.2 Å². The number of ether oxygens (including phenoxy) is 1. The number of rotatable bonds is 3. The van der Waals surface area contributed by atoms with E-state index in [9.17, 15) is 26.7 Å². The number of hydrogen-bond acceptors (Lipinski definition) is 3. The van der Waals surface area contributed by atoms with Gasteiger partial charge in [0.15, 0.2) is 0 Å². The van der Waals surface area contributed by atoms with Gasteiger partial charge in [0.05, 0.1) is 13.5 Å². The van der Waals surface area contributed by atoms with Gasteiger partial charge in [-0.3, -0.25) is 4.79 Å². The van der Waals surface area contributed by atoms with Crippen molar-refractivity contribution >= 4 is 28.6 Å². The third-order valence-electron chi connectivity index (χ3n) is 2.15. The highest BCUT2D eigenvalue weighted by Gasteiger charge is 2.37. The summed E-state index contributed by atoms with van der Waals surface area (Å²) in [5.74, 6) is -0.964. The van der Waals surface area contributed by atoms with Gasteiger partial charge in [-0.25, -0.2) is 13.8 Å². The van der Waals surface area contributed by atoms with E-state index in [-0.39, 0.29) is 0 Å². The molecule has 0 aliphatic rings. The van der Waals surface area contributed by atoms with E-state index in [2.05, 4.69) is 9.72 Å². The lowest BCUT2D eigenvalue weighted by molar-refractivity contribution is -0.143. The Labute approximate surface area is 118 Å². The third-order valence-corrected chi connectivity index (χ3v) is 3.01. The molecule has 0 aromatic carbocycles. The zero-order valence-electron chi connectivity index (χ0n) is 9.39. The van der Waals surface area contributed by atoms with Gasteiger partial charge in [0.2, 0.25) is 0 Å². The summed E-state index contributed by atoms with van der Waals surface area (Å²) in [5, 5.41) is 0. The zero-order valence-corrected chi connectivity index (χ0v) is 11.6. The molecule has 0 N–H and O–H groups in total. The second kappa shape index (κ2) is 5.97. The zero-order chi connectivity index (χ0) is 14.8. The highest BCUT2D eigenvalue weighted by Crippen LogP contribution is 2.34. The van der Waals surface area contributed by atoms with Crippen LogP contribution in [0.15, 0.2) is 6.07 Å². The molecule has 1 aromatic rings. The van der Waals surface area contributed by atoms with Gasteiger partial charge in [-0.2, -0.15) is 13.2 Å². The number of alkyl halides is 5. The standard InChI is InChI=1S/C10H7F5INO2/c1-19-6(18)3-4-2-5(8(11)12)9(16)17-7(4)10(13,14)15/h2,8H,3H2,1H3. The van der Waals surface area contributed by atoms with Gasteiger partial charge < -0.3 is 4.74 Å². The van der Waals surface area contributed by atoms with E-state index >= 15 is 0 Å². The Morgan fingerprint density at radius 2 is 2.05 bits per heavy atom. The Kier molecular flexibility index (Phi) is 5.04. The van der Waals surface area contributed by atoms with Crippen LogP contribution in [0, 0.1) is 3.70 Å². The molecule has 0 aliphatic heterocycles. The molecule has 3 nitrogen and oxygen atoms in total. The summed E-state index contributed by atoms with van der Waals surface area (Å²) >= 11 is 1.29. The smallest absolute Gasteiger partial charge is 0.433 e. The fourth-order valence-corrected chi connectivity index (χ4v) is 1.94. The number of nitrogens with zero attached hydrogens (tertiary/aromatic N) is 1. The Balaban J connectivity index is 3.37. The number of carbonyl (C=O) groups excluding carboxylic acids is 1.